The van der Waals surface area contributed by atoms with Crippen molar-refractivity contribution in [3.05, 3.63) is 30.1 Å². The molecule has 3 rings (SSSR count). The van der Waals surface area contributed by atoms with Crippen LogP contribution in [0.2, 0.25) is 0 Å². The van der Waals surface area contributed by atoms with Crippen LogP contribution in [0.5, 0.6) is 0 Å². The van der Waals surface area contributed by atoms with Gasteiger partial charge in [-0.05, 0) is 45.4 Å². The number of anilines is 1. The first-order chi connectivity index (χ1) is 9.15. The van der Waals surface area contributed by atoms with Crippen molar-refractivity contribution in [2.75, 3.05) is 12.3 Å². The molecule has 0 aliphatic carbocycles. The number of nitrogens with two attached hydrogens (primary N) is 1. The fraction of sp³-hybridized carbons (Fsp3) is 0.533. The lowest BCUT2D eigenvalue weighted by molar-refractivity contribution is 0.202. The molecule has 1 atom stereocenters. The highest BCUT2D eigenvalue weighted by Gasteiger charge is 2.27. The molecule has 19 heavy (non-hydrogen) atoms. The molecule has 1 saturated heterocycles. The van der Waals surface area contributed by atoms with Crippen molar-refractivity contribution in [1.29, 1.82) is 0 Å². The van der Waals surface area contributed by atoms with Crippen molar-refractivity contribution in [2.45, 2.75) is 45.2 Å². The van der Waals surface area contributed by atoms with Gasteiger partial charge in [0, 0.05) is 24.7 Å². The first-order valence-corrected chi connectivity index (χ1v) is 7.13. The van der Waals surface area contributed by atoms with E-state index in [2.05, 4.69) is 29.9 Å². The Kier molecular flexibility index (Phi) is 3.19. The second-order valence-electron chi connectivity index (χ2n) is 5.74. The van der Waals surface area contributed by atoms with Gasteiger partial charge in [0.25, 0.3) is 0 Å². The molecule has 0 saturated carbocycles. The van der Waals surface area contributed by atoms with Crippen molar-refractivity contribution in [3.8, 4) is 0 Å². The second kappa shape index (κ2) is 4.85. The van der Waals surface area contributed by atoms with Gasteiger partial charge in [-0.2, -0.15) is 0 Å². The van der Waals surface area contributed by atoms with Crippen molar-refractivity contribution in [2.24, 2.45) is 0 Å². The molecule has 2 aromatic rings. The number of rotatable bonds is 3. The number of pyridine rings is 1. The third-order valence-corrected chi connectivity index (χ3v) is 4.10. The third kappa shape index (κ3) is 2.32. The van der Waals surface area contributed by atoms with E-state index in [1.807, 2.05) is 22.6 Å². The Bertz CT molecular complexity index is 573. The van der Waals surface area contributed by atoms with Crippen LogP contribution in [0.15, 0.2) is 24.4 Å². The lowest BCUT2D eigenvalue weighted by Crippen LogP contribution is -2.36. The maximum atomic E-state index is 5.97. The minimum Gasteiger partial charge on any atom is -0.385 e. The predicted molar refractivity (Wildman–Crippen MR) is 78.2 cm³/mol. The number of fused-ring (bicyclic) bond motifs is 1. The molecular weight excluding hydrogens is 236 g/mol. The van der Waals surface area contributed by atoms with Crippen molar-refractivity contribution in [3.63, 3.8) is 0 Å². The van der Waals surface area contributed by atoms with Crippen LogP contribution in [0.1, 0.15) is 32.4 Å². The molecule has 1 aliphatic rings. The van der Waals surface area contributed by atoms with E-state index in [-0.39, 0.29) is 0 Å². The smallest absolute Gasteiger partial charge is 0.138 e. The molecule has 4 heteroatoms. The van der Waals surface area contributed by atoms with E-state index in [9.17, 15) is 0 Å². The molecule has 102 valence electrons. The van der Waals surface area contributed by atoms with Gasteiger partial charge in [0.05, 0.1) is 5.69 Å². The average molecular weight is 258 g/mol. The Balaban J connectivity index is 1.83. The molecule has 2 aromatic heterocycles. The van der Waals surface area contributed by atoms with Crippen LogP contribution >= 0.6 is 0 Å². The Morgan fingerprint density at radius 2 is 2.26 bits per heavy atom. The van der Waals surface area contributed by atoms with Gasteiger partial charge >= 0.3 is 0 Å². The molecule has 0 radical (unpaired) electrons. The maximum absolute atomic E-state index is 5.97. The fourth-order valence-electron chi connectivity index (χ4n) is 3.18. The van der Waals surface area contributed by atoms with Gasteiger partial charge in [-0.15, -0.1) is 0 Å². The van der Waals surface area contributed by atoms with Crippen molar-refractivity contribution in [1.82, 2.24) is 14.3 Å². The Labute approximate surface area is 114 Å². The maximum Gasteiger partial charge on any atom is 0.138 e. The normalized spacial score (nSPS) is 20.7. The first-order valence-electron chi connectivity index (χ1n) is 7.13. The van der Waals surface area contributed by atoms with Crippen LogP contribution in [-0.2, 0) is 6.42 Å². The third-order valence-electron chi connectivity index (χ3n) is 4.10. The summed E-state index contributed by atoms with van der Waals surface area (Å²) in [5.74, 6) is 0.753. The van der Waals surface area contributed by atoms with E-state index in [0.29, 0.717) is 12.1 Å². The van der Waals surface area contributed by atoms with Gasteiger partial charge in [-0.3, -0.25) is 9.30 Å². The molecule has 2 N–H and O–H groups in total. The molecule has 4 nitrogen and oxygen atoms in total. The largest absolute Gasteiger partial charge is 0.385 e. The zero-order valence-electron chi connectivity index (χ0n) is 11.7. The Morgan fingerprint density at radius 3 is 3.00 bits per heavy atom. The zero-order chi connectivity index (χ0) is 13.4. The van der Waals surface area contributed by atoms with Crippen LogP contribution in [0, 0.1) is 0 Å². The quantitative estimate of drug-likeness (QED) is 0.919. The van der Waals surface area contributed by atoms with Crippen LogP contribution in [0.3, 0.4) is 0 Å². The summed E-state index contributed by atoms with van der Waals surface area (Å²) in [4.78, 5) is 7.28. The second-order valence-corrected chi connectivity index (χ2v) is 5.74. The highest BCUT2D eigenvalue weighted by molar-refractivity contribution is 5.48. The van der Waals surface area contributed by atoms with E-state index in [1.165, 1.54) is 19.4 Å². The summed E-state index contributed by atoms with van der Waals surface area (Å²) in [6, 6.07) is 7.13. The predicted octanol–water partition coefficient (Wildman–Crippen LogP) is 2.33. The number of aromatic nitrogens is 2. The van der Waals surface area contributed by atoms with Gasteiger partial charge in [-0.25, -0.2) is 4.98 Å². The summed E-state index contributed by atoms with van der Waals surface area (Å²) < 4.78 is 1.98. The van der Waals surface area contributed by atoms with E-state index in [4.69, 9.17) is 5.73 Å². The molecular formula is C15H22N4. The highest BCUT2D eigenvalue weighted by Crippen LogP contribution is 2.23. The molecule has 0 bridgehead atoms. The number of nitrogen functional groups attached to an aromatic ring is 1. The van der Waals surface area contributed by atoms with E-state index < -0.39 is 0 Å². The topological polar surface area (TPSA) is 46.6 Å². The van der Waals surface area contributed by atoms with Gasteiger partial charge in [-0.1, -0.05) is 6.07 Å². The van der Waals surface area contributed by atoms with Gasteiger partial charge < -0.3 is 5.73 Å². The molecule has 1 fully saturated rings. The molecule has 1 aliphatic heterocycles. The van der Waals surface area contributed by atoms with E-state index in [1.54, 1.807) is 0 Å². The molecule has 1 unspecified atom stereocenters. The SMILES string of the molecule is CC(C)N1CCCC1Cc1cn2c(N)cccc2n1. The Morgan fingerprint density at radius 1 is 1.42 bits per heavy atom. The van der Waals surface area contributed by atoms with Crippen molar-refractivity contribution < 1.29 is 0 Å². The lowest BCUT2D eigenvalue weighted by atomic mass is 10.1. The van der Waals surface area contributed by atoms with Crippen molar-refractivity contribution >= 4 is 11.5 Å². The summed E-state index contributed by atoms with van der Waals surface area (Å²) >= 11 is 0. The number of imidazole rings is 1. The number of nitrogens with zero attached hydrogens (tertiary/aromatic N) is 3. The number of likely N-dealkylation sites (tertiary alicyclic amines) is 1. The van der Waals surface area contributed by atoms with Crippen LogP contribution in [-0.4, -0.2) is 32.9 Å². The summed E-state index contributed by atoms with van der Waals surface area (Å²) in [5.41, 5.74) is 8.06. The minimum absolute atomic E-state index is 0.620. The summed E-state index contributed by atoms with van der Waals surface area (Å²) in [6.07, 6.45) is 5.70. The van der Waals surface area contributed by atoms with Crippen LogP contribution in [0.25, 0.3) is 5.65 Å². The number of hydrogen-bond donors (Lipinski definition) is 1. The highest BCUT2D eigenvalue weighted by atomic mass is 15.2. The lowest BCUT2D eigenvalue weighted by Gasteiger charge is -2.27. The monoisotopic (exact) mass is 258 g/mol. The Hall–Kier alpha value is -1.55. The van der Waals surface area contributed by atoms with Crippen LogP contribution in [0.4, 0.5) is 5.82 Å². The van der Waals surface area contributed by atoms with Gasteiger partial charge in [0.1, 0.15) is 11.5 Å². The van der Waals surface area contributed by atoms with Crippen LogP contribution < -0.4 is 5.73 Å². The minimum atomic E-state index is 0.620. The molecule has 0 amide bonds. The summed E-state index contributed by atoms with van der Waals surface area (Å²) in [6.45, 7) is 5.78. The van der Waals surface area contributed by atoms with E-state index >= 15 is 0 Å². The molecule has 0 spiro atoms. The molecule has 3 heterocycles. The summed E-state index contributed by atoms with van der Waals surface area (Å²) in [5, 5.41) is 0. The van der Waals surface area contributed by atoms with Gasteiger partial charge in [0.15, 0.2) is 0 Å². The first kappa shape index (κ1) is 12.5. The fourth-order valence-corrected chi connectivity index (χ4v) is 3.18. The summed E-state index contributed by atoms with van der Waals surface area (Å²) in [7, 11) is 0. The van der Waals surface area contributed by atoms with Gasteiger partial charge in [0.2, 0.25) is 0 Å². The van der Waals surface area contributed by atoms with E-state index in [0.717, 1.165) is 23.6 Å². The molecule has 0 aromatic carbocycles. The zero-order valence-corrected chi connectivity index (χ0v) is 11.7. The average Bonchev–Trinajstić information content (AvgIpc) is 2.96. The standard InChI is InChI=1S/C15H22N4/c1-11(2)18-8-4-5-13(18)9-12-10-19-14(16)6-3-7-15(19)17-12/h3,6-7,10-11,13H,4-5,8-9,16H2,1-2H3. The number of hydrogen-bond acceptors (Lipinski definition) is 3.